The van der Waals surface area contributed by atoms with Crippen LogP contribution in [0.4, 0.5) is 4.39 Å². The number of carboxylic acids is 1. The summed E-state index contributed by atoms with van der Waals surface area (Å²) in [5, 5.41) is 13.0. The summed E-state index contributed by atoms with van der Waals surface area (Å²) in [4.78, 5) is 11.4. The van der Waals surface area contributed by atoms with E-state index in [0.29, 0.717) is 34.1 Å². The number of rotatable bonds is 11. The number of carboxylic acid groups (broad SMARTS) is 1. The number of benzene rings is 2. The zero-order valence-corrected chi connectivity index (χ0v) is 18.3. The third-order valence-electron chi connectivity index (χ3n) is 4.18. The fourth-order valence-electron chi connectivity index (χ4n) is 2.56. The highest BCUT2D eigenvalue weighted by Crippen LogP contribution is 2.34. The lowest BCUT2D eigenvalue weighted by molar-refractivity contribution is -0.139. The Labute approximate surface area is 183 Å². The summed E-state index contributed by atoms with van der Waals surface area (Å²) < 4.78 is 24.3. The van der Waals surface area contributed by atoms with Gasteiger partial charge < -0.3 is 19.9 Å². The van der Waals surface area contributed by atoms with Gasteiger partial charge >= 0.3 is 5.97 Å². The molecule has 29 heavy (non-hydrogen) atoms. The summed E-state index contributed by atoms with van der Waals surface area (Å²) in [5.41, 5.74) is 1.31. The Balaban J connectivity index is 2.10. The molecule has 2 rings (SSSR count). The first-order valence-corrected chi connectivity index (χ1v) is 10.9. The zero-order valence-electron chi connectivity index (χ0n) is 16.0. The van der Waals surface area contributed by atoms with Crippen molar-refractivity contribution in [3.8, 4) is 11.5 Å². The van der Waals surface area contributed by atoms with Gasteiger partial charge in [-0.05, 0) is 42.2 Å². The molecule has 2 aromatic rings. The van der Waals surface area contributed by atoms with Crippen molar-refractivity contribution in [1.82, 2.24) is 5.32 Å². The van der Waals surface area contributed by atoms with E-state index in [0.717, 1.165) is 5.75 Å². The Morgan fingerprint density at radius 1 is 1.21 bits per heavy atom. The minimum absolute atomic E-state index is 0.110. The van der Waals surface area contributed by atoms with Crippen molar-refractivity contribution < 1.29 is 23.8 Å². The average molecular weight is 462 g/mol. The molecule has 0 spiro atoms. The summed E-state index contributed by atoms with van der Waals surface area (Å²) in [7, 11) is 1.50. The van der Waals surface area contributed by atoms with Gasteiger partial charge in [0.05, 0.1) is 12.1 Å². The van der Waals surface area contributed by atoms with E-state index < -0.39 is 17.8 Å². The van der Waals surface area contributed by atoms with E-state index in [1.54, 1.807) is 30.0 Å². The van der Waals surface area contributed by atoms with Crippen LogP contribution in [0.2, 0.25) is 10.0 Å². The van der Waals surface area contributed by atoms with Gasteiger partial charge in [-0.2, -0.15) is 11.8 Å². The highest BCUT2D eigenvalue weighted by Gasteiger charge is 2.18. The number of halogens is 3. The molecule has 1 unspecified atom stereocenters. The maximum Gasteiger partial charge on any atom is 0.320 e. The van der Waals surface area contributed by atoms with Crippen molar-refractivity contribution in [2.24, 2.45) is 0 Å². The summed E-state index contributed by atoms with van der Waals surface area (Å²) in [6.07, 6.45) is 2.43. The Bertz CT molecular complexity index is 853. The normalized spacial score (nSPS) is 11.9. The number of nitrogens with one attached hydrogen (secondary N) is 1. The van der Waals surface area contributed by atoms with Crippen molar-refractivity contribution in [3.63, 3.8) is 0 Å². The second kappa shape index (κ2) is 11.5. The van der Waals surface area contributed by atoms with Crippen LogP contribution in [0.15, 0.2) is 30.3 Å². The molecule has 2 N–H and O–H groups in total. The number of ether oxygens (including phenoxy) is 2. The van der Waals surface area contributed by atoms with Gasteiger partial charge in [-0.1, -0.05) is 29.3 Å². The van der Waals surface area contributed by atoms with Gasteiger partial charge in [0.25, 0.3) is 0 Å². The Morgan fingerprint density at radius 2 is 1.93 bits per heavy atom. The zero-order chi connectivity index (χ0) is 21.4. The lowest BCUT2D eigenvalue weighted by atomic mass is 10.1. The van der Waals surface area contributed by atoms with Gasteiger partial charge in [0.15, 0.2) is 11.5 Å². The minimum Gasteiger partial charge on any atom is -0.493 e. The molecule has 0 heterocycles. The van der Waals surface area contributed by atoms with E-state index in [9.17, 15) is 14.3 Å². The smallest absolute Gasteiger partial charge is 0.320 e. The predicted octanol–water partition coefficient (Wildman–Crippen LogP) is 5.02. The molecule has 0 bridgehead atoms. The van der Waals surface area contributed by atoms with Crippen LogP contribution in [-0.4, -0.2) is 36.2 Å². The molecule has 0 amide bonds. The number of hydrogen-bond acceptors (Lipinski definition) is 5. The summed E-state index contributed by atoms with van der Waals surface area (Å²) in [6, 6.07) is 6.71. The lowest BCUT2D eigenvalue weighted by Crippen LogP contribution is -2.36. The molecule has 0 saturated heterocycles. The summed E-state index contributed by atoms with van der Waals surface area (Å²) in [5.74, 6) is 0.255. The topological polar surface area (TPSA) is 67.8 Å². The van der Waals surface area contributed by atoms with Crippen molar-refractivity contribution in [2.45, 2.75) is 25.6 Å². The number of aliphatic carboxylic acids is 1. The molecule has 0 aliphatic carbocycles. The van der Waals surface area contributed by atoms with Crippen molar-refractivity contribution in [2.75, 3.05) is 19.1 Å². The molecule has 0 aromatic heterocycles. The highest BCUT2D eigenvalue weighted by molar-refractivity contribution is 7.98. The first-order valence-electron chi connectivity index (χ1n) is 8.74. The second-order valence-corrected chi connectivity index (χ2v) is 7.97. The van der Waals surface area contributed by atoms with Gasteiger partial charge in [-0.15, -0.1) is 0 Å². The molecule has 0 fully saturated rings. The second-order valence-electron chi connectivity index (χ2n) is 6.17. The molecular formula is C20H22Cl2FNO4S. The van der Waals surface area contributed by atoms with E-state index in [-0.39, 0.29) is 18.2 Å². The van der Waals surface area contributed by atoms with Gasteiger partial charge in [0.2, 0.25) is 0 Å². The Morgan fingerprint density at radius 3 is 2.55 bits per heavy atom. The van der Waals surface area contributed by atoms with Crippen LogP contribution in [0, 0.1) is 5.82 Å². The van der Waals surface area contributed by atoms with Crippen LogP contribution in [0.1, 0.15) is 17.5 Å². The number of methoxy groups -OCH3 is 1. The predicted molar refractivity (Wildman–Crippen MR) is 115 cm³/mol. The molecule has 0 saturated carbocycles. The maximum atomic E-state index is 13.2. The SMILES string of the molecule is COc1cc(CNC(CCSC)C(=O)O)c(Cl)cc1OCc1ccc(F)cc1Cl. The van der Waals surface area contributed by atoms with E-state index in [1.807, 2.05) is 6.26 Å². The van der Waals surface area contributed by atoms with Crippen LogP contribution in [0.3, 0.4) is 0 Å². The minimum atomic E-state index is -0.904. The summed E-state index contributed by atoms with van der Waals surface area (Å²) in [6.45, 7) is 0.379. The molecule has 2 aromatic carbocycles. The van der Waals surface area contributed by atoms with Crippen molar-refractivity contribution >= 4 is 40.9 Å². The monoisotopic (exact) mass is 461 g/mol. The lowest BCUT2D eigenvalue weighted by Gasteiger charge is -2.17. The van der Waals surface area contributed by atoms with Gasteiger partial charge in [0.1, 0.15) is 18.5 Å². The van der Waals surface area contributed by atoms with Gasteiger partial charge in [-0.3, -0.25) is 4.79 Å². The first kappa shape index (κ1) is 23.6. The number of hydrogen-bond donors (Lipinski definition) is 2. The first-order chi connectivity index (χ1) is 13.8. The van der Waals surface area contributed by atoms with E-state index in [4.69, 9.17) is 32.7 Å². The fourth-order valence-corrected chi connectivity index (χ4v) is 3.47. The molecule has 1 atom stereocenters. The number of carbonyl (C=O) groups is 1. The molecule has 9 heteroatoms. The van der Waals surface area contributed by atoms with Crippen molar-refractivity contribution in [1.29, 1.82) is 0 Å². The summed E-state index contributed by atoms with van der Waals surface area (Å²) >= 11 is 14.0. The van der Waals surface area contributed by atoms with Crippen LogP contribution in [0.25, 0.3) is 0 Å². The highest BCUT2D eigenvalue weighted by atomic mass is 35.5. The standard InChI is InChI=1S/C20H22Cl2FNO4S/c1-27-18-7-13(10-24-17(20(25)26)5-6-29-2)16(22)9-19(18)28-11-12-3-4-14(23)8-15(12)21/h3-4,7-9,17,24H,5-6,10-11H2,1-2H3,(H,25,26). The van der Waals surface area contributed by atoms with Gasteiger partial charge in [0, 0.05) is 23.2 Å². The Kier molecular flexibility index (Phi) is 9.36. The van der Waals surface area contributed by atoms with Crippen LogP contribution >= 0.6 is 35.0 Å². The molecule has 0 aliphatic rings. The van der Waals surface area contributed by atoms with E-state index in [1.165, 1.54) is 19.2 Å². The third kappa shape index (κ3) is 6.96. The van der Waals surface area contributed by atoms with Gasteiger partial charge in [-0.25, -0.2) is 4.39 Å². The quantitative estimate of drug-likeness (QED) is 0.489. The van der Waals surface area contributed by atoms with E-state index in [2.05, 4.69) is 5.32 Å². The molecule has 5 nitrogen and oxygen atoms in total. The van der Waals surface area contributed by atoms with E-state index >= 15 is 0 Å². The Hall–Kier alpha value is -1.67. The largest absolute Gasteiger partial charge is 0.493 e. The van der Waals surface area contributed by atoms with Crippen molar-refractivity contribution in [3.05, 3.63) is 57.3 Å². The molecule has 0 radical (unpaired) electrons. The molecule has 158 valence electrons. The van der Waals surface area contributed by atoms with Crippen LogP contribution in [-0.2, 0) is 17.9 Å². The molecular weight excluding hydrogens is 440 g/mol. The third-order valence-corrected chi connectivity index (χ3v) is 5.53. The van der Waals surface area contributed by atoms with Crippen LogP contribution in [0.5, 0.6) is 11.5 Å². The average Bonchev–Trinajstić information content (AvgIpc) is 2.68. The maximum absolute atomic E-state index is 13.2. The number of thioether (sulfide) groups is 1. The van der Waals surface area contributed by atoms with Crippen LogP contribution < -0.4 is 14.8 Å². The fraction of sp³-hybridized carbons (Fsp3) is 0.350. The molecule has 0 aliphatic heterocycles.